The van der Waals surface area contributed by atoms with Crippen LogP contribution in [-0.2, 0) is 9.47 Å². The Morgan fingerprint density at radius 2 is 2.07 bits per heavy atom. The maximum Gasteiger partial charge on any atom is 0.118 e. The van der Waals surface area contributed by atoms with Gasteiger partial charge in [-0.05, 0) is 26.3 Å². The maximum absolute atomic E-state index is 8.70. The van der Waals surface area contributed by atoms with Crippen LogP contribution < -0.4 is 0 Å². The van der Waals surface area contributed by atoms with Gasteiger partial charge in [0.2, 0.25) is 0 Å². The van der Waals surface area contributed by atoms with Gasteiger partial charge in [-0.15, -0.1) is 6.58 Å². The second kappa shape index (κ2) is 8.78. The smallest absolute Gasteiger partial charge is 0.118 e. The Morgan fingerprint density at radius 1 is 1.36 bits per heavy atom. The molecular weight excluding hydrogens is 180 g/mol. The second-order valence-corrected chi connectivity index (χ2v) is 3.17. The minimum atomic E-state index is -0.127. The minimum Gasteiger partial charge on any atom is -0.496 e. The standard InChI is InChI=1S/C11H20O3/c1-4-5-6-7-13-11(3)9-14-10(2)8-12/h4,6-7,10-12H,1,5,8-9H2,2-3H3. The Balaban J connectivity index is 3.44. The van der Waals surface area contributed by atoms with Crippen molar-refractivity contribution >= 4 is 0 Å². The Morgan fingerprint density at radius 3 is 2.64 bits per heavy atom. The lowest BCUT2D eigenvalue weighted by atomic mass is 10.4. The molecule has 0 amide bonds. The molecule has 0 aliphatic carbocycles. The zero-order chi connectivity index (χ0) is 10.8. The molecular formula is C11H20O3. The molecule has 0 fully saturated rings. The first-order valence-corrected chi connectivity index (χ1v) is 4.84. The third-order valence-corrected chi connectivity index (χ3v) is 1.58. The Labute approximate surface area is 86.0 Å². The number of rotatable bonds is 8. The quantitative estimate of drug-likeness (QED) is 0.480. The van der Waals surface area contributed by atoms with Crippen LogP contribution in [0.25, 0.3) is 0 Å². The van der Waals surface area contributed by atoms with E-state index < -0.39 is 0 Å². The van der Waals surface area contributed by atoms with E-state index in [4.69, 9.17) is 14.6 Å². The third kappa shape index (κ3) is 7.83. The third-order valence-electron chi connectivity index (χ3n) is 1.58. The van der Waals surface area contributed by atoms with E-state index >= 15 is 0 Å². The summed E-state index contributed by atoms with van der Waals surface area (Å²) in [5.41, 5.74) is 0. The number of aliphatic hydroxyl groups excluding tert-OH is 1. The molecule has 0 aliphatic heterocycles. The average Bonchev–Trinajstić information content (AvgIpc) is 2.21. The highest BCUT2D eigenvalue weighted by Gasteiger charge is 2.04. The van der Waals surface area contributed by atoms with E-state index in [1.165, 1.54) is 0 Å². The van der Waals surface area contributed by atoms with Gasteiger partial charge in [-0.25, -0.2) is 0 Å². The van der Waals surface area contributed by atoms with Gasteiger partial charge >= 0.3 is 0 Å². The predicted octanol–water partition coefficient (Wildman–Crippen LogP) is 1.88. The van der Waals surface area contributed by atoms with Crippen molar-refractivity contribution in [1.29, 1.82) is 0 Å². The van der Waals surface area contributed by atoms with E-state index in [1.807, 2.05) is 19.9 Å². The molecule has 3 heteroatoms. The van der Waals surface area contributed by atoms with E-state index in [0.717, 1.165) is 6.42 Å². The molecule has 2 unspecified atom stereocenters. The minimum absolute atomic E-state index is 0.00469. The first-order chi connectivity index (χ1) is 6.70. The SMILES string of the molecule is C=CCC=COC(C)COC(C)CO. The van der Waals surface area contributed by atoms with Crippen LogP contribution in [0, 0.1) is 0 Å². The van der Waals surface area contributed by atoms with Crippen molar-refractivity contribution < 1.29 is 14.6 Å². The highest BCUT2D eigenvalue weighted by atomic mass is 16.5. The number of hydrogen-bond donors (Lipinski definition) is 1. The molecule has 2 atom stereocenters. The highest BCUT2D eigenvalue weighted by Crippen LogP contribution is 1.97. The summed E-state index contributed by atoms with van der Waals surface area (Å²) in [7, 11) is 0. The molecule has 0 rings (SSSR count). The molecule has 0 aromatic rings. The van der Waals surface area contributed by atoms with Crippen LogP contribution in [0.3, 0.4) is 0 Å². The van der Waals surface area contributed by atoms with Gasteiger partial charge in [0.05, 0.1) is 25.6 Å². The fourth-order valence-electron chi connectivity index (χ4n) is 0.733. The van der Waals surface area contributed by atoms with Crippen LogP contribution in [0.4, 0.5) is 0 Å². The lowest BCUT2D eigenvalue weighted by Crippen LogP contribution is -2.20. The van der Waals surface area contributed by atoms with Crippen LogP contribution in [-0.4, -0.2) is 30.5 Å². The fraction of sp³-hybridized carbons (Fsp3) is 0.636. The van der Waals surface area contributed by atoms with Gasteiger partial charge in [-0.3, -0.25) is 0 Å². The molecule has 14 heavy (non-hydrogen) atoms. The summed E-state index contributed by atoms with van der Waals surface area (Å²) in [6.07, 6.45) is 6.02. The molecule has 0 aromatic heterocycles. The normalized spacial score (nSPS) is 15.4. The average molecular weight is 200 g/mol. The van der Waals surface area contributed by atoms with Gasteiger partial charge in [0, 0.05) is 0 Å². The van der Waals surface area contributed by atoms with Gasteiger partial charge in [-0.2, -0.15) is 0 Å². The summed E-state index contributed by atoms with van der Waals surface area (Å²) in [6.45, 7) is 7.85. The predicted molar refractivity (Wildman–Crippen MR) is 57.0 cm³/mol. The molecule has 1 N–H and O–H groups in total. The Kier molecular flexibility index (Phi) is 8.28. The van der Waals surface area contributed by atoms with E-state index in [2.05, 4.69) is 6.58 Å². The van der Waals surface area contributed by atoms with E-state index in [1.54, 1.807) is 12.3 Å². The van der Waals surface area contributed by atoms with Crippen molar-refractivity contribution in [3.63, 3.8) is 0 Å². The van der Waals surface area contributed by atoms with Gasteiger partial charge < -0.3 is 14.6 Å². The molecule has 82 valence electrons. The van der Waals surface area contributed by atoms with Crippen LogP contribution in [0.15, 0.2) is 25.0 Å². The summed E-state index contributed by atoms with van der Waals surface area (Å²) in [5, 5.41) is 8.70. The van der Waals surface area contributed by atoms with Crippen molar-refractivity contribution in [2.75, 3.05) is 13.2 Å². The van der Waals surface area contributed by atoms with Gasteiger partial charge in [0.15, 0.2) is 0 Å². The highest BCUT2D eigenvalue weighted by molar-refractivity contribution is 4.83. The maximum atomic E-state index is 8.70. The second-order valence-electron chi connectivity index (χ2n) is 3.17. The molecule has 3 nitrogen and oxygen atoms in total. The van der Waals surface area contributed by atoms with Crippen LogP contribution in [0.2, 0.25) is 0 Å². The number of ether oxygens (including phenoxy) is 2. The van der Waals surface area contributed by atoms with Gasteiger partial charge in [0.25, 0.3) is 0 Å². The summed E-state index contributed by atoms with van der Waals surface area (Å²) >= 11 is 0. The summed E-state index contributed by atoms with van der Waals surface area (Å²) < 4.78 is 10.6. The van der Waals surface area contributed by atoms with Gasteiger partial charge in [-0.1, -0.05) is 6.08 Å². The van der Waals surface area contributed by atoms with Crippen molar-refractivity contribution in [2.24, 2.45) is 0 Å². The van der Waals surface area contributed by atoms with Crippen molar-refractivity contribution in [2.45, 2.75) is 32.5 Å². The number of allylic oxidation sites excluding steroid dienone is 2. The van der Waals surface area contributed by atoms with Crippen molar-refractivity contribution in [1.82, 2.24) is 0 Å². The Bertz CT molecular complexity index is 166. The van der Waals surface area contributed by atoms with Crippen LogP contribution in [0.5, 0.6) is 0 Å². The zero-order valence-corrected chi connectivity index (χ0v) is 8.98. The molecule has 0 saturated carbocycles. The lowest BCUT2D eigenvalue weighted by molar-refractivity contribution is -0.0220. The first kappa shape index (κ1) is 13.2. The van der Waals surface area contributed by atoms with E-state index in [-0.39, 0.29) is 18.8 Å². The zero-order valence-electron chi connectivity index (χ0n) is 8.98. The van der Waals surface area contributed by atoms with E-state index in [9.17, 15) is 0 Å². The molecule has 0 heterocycles. The van der Waals surface area contributed by atoms with Crippen LogP contribution in [0.1, 0.15) is 20.3 Å². The topological polar surface area (TPSA) is 38.7 Å². The van der Waals surface area contributed by atoms with Crippen molar-refractivity contribution in [3.05, 3.63) is 25.0 Å². The summed E-state index contributed by atoms with van der Waals surface area (Å²) in [6, 6.07) is 0. The molecule has 0 aliphatic rings. The summed E-state index contributed by atoms with van der Waals surface area (Å²) in [5.74, 6) is 0. The van der Waals surface area contributed by atoms with Crippen molar-refractivity contribution in [3.8, 4) is 0 Å². The number of aliphatic hydroxyl groups is 1. The molecule has 0 aromatic carbocycles. The number of hydrogen-bond acceptors (Lipinski definition) is 3. The monoisotopic (exact) mass is 200 g/mol. The largest absolute Gasteiger partial charge is 0.496 e. The summed E-state index contributed by atoms with van der Waals surface area (Å²) in [4.78, 5) is 0. The van der Waals surface area contributed by atoms with Gasteiger partial charge in [0.1, 0.15) is 6.10 Å². The first-order valence-electron chi connectivity index (χ1n) is 4.84. The molecule has 0 spiro atoms. The molecule has 0 saturated heterocycles. The lowest BCUT2D eigenvalue weighted by Gasteiger charge is -2.14. The molecule has 0 bridgehead atoms. The Hall–Kier alpha value is -0.800. The fourth-order valence-corrected chi connectivity index (χ4v) is 0.733. The molecule has 0 radical (unpaired) electrons. The van der Waals surface area contributed by atoms with E-state index in [0.29, 0.717) is 6.61 Å². The van der Waals surface area contributed by atoms with Crippen LogP contribution >= 0.6 is 0 Å².